The number of nitrogens with one attached hydrogen (secondary N) is 1. The lowest BCUT2D eigenvalue weighted by molar-refractivity contribution is -0.116. The molecule has 34 heavy (non-hydrogen) atoms. The fourth-order valence-corrected chi connectivity index (χ4v) is 4.59. The number of carbonyl (C=O) groups excluding carboxylic acids is 1. The molecule has 2 aliphatic heterocycles. The van der Waals surface area contributed by atoms with Crippen molar-refractivity contribution in [3.8, 4) is 5.75 Å². The number of benzene rings is 3. The molecule has 0 bridgehead atoms. The zero-order valence-electron chi connectivity index (χ0n) is 18.1. The molecule has 2 heterocycles. The summed E-state index contributed by atoms with van der Waals surface area (Å²) in [5, 5.41) is 11.8. The first-order valence-electron chi connectivity index (χ1n) is 10.7. The number of nitrogens with zero attached hydrogens (tertiary/aromatic N) is 3. The first-order chi connectivity index (χ1) is 16.6. The molecule has 0 fully saturated rings. The quantitative estimate of drug-likeness (QED) is 0.533. The van der Waals surface area contributed by atoms with Crippen LogP contribution in [-0.2, 0) is 11.4 Å². The number of hydrogen-bond donors (Lipinski definition) is 1. The minimum atomic E-state index is -0.625. The van der Waals surface area contributed by atoms with E-state index < -0.39 is 6.17 Å². The van der Waals surface area contributed by atoms with Crippen LogP contribution in [0, 0.1) is 0 Å². The molecule has 2 aliphatic rings. The van der Waals surface area contributed by atoms with E-state index in [9.17, 15) is 4.79 Å². The van der Waals surface area contributed by atoms with Crippen molar-refractivity contribution in [3.63, 3.8) is 0 Å². The van der Waals surface area contributed by atoms with Crippen molar-refractivity contribution in [3.05, 3.63) is 112 Å². The van der Waals surface area contributed by atoms with Gasteiger partial charge in [0.2, 0.25) is 0 Å². The Morgan fingerprint density at radius 2 is 1.91 bits per heavy atom. The van der Waals surface area contributed by atoms with Crippen molar-refractivity contribution in [1.29, 1.82) is 0 Å². The maximum absolute atomic E-state index is 13.2. The Balaban J connectivity index is 1.61. The number of rotatable bonds is 6. The second-order valence-electron chi connectivity index (χ2n) is 7.63. The summed E-state index contributed by atoms with van der Waals surface area (Å²) in [6.45, 7) is 4.14. The molecule has 1 amide bonds. The molecule has 0 spiro atoms. The van der Waals surface area contributed by atoms with Crippen LogP contribution < -0.4 is 20.6 Å². The molecule has 0 saturated carbocycles. The lowest BCUT2D eigenvalue weighted by atomic mass is 10.1. The highest BCUT2D eigenvalue weighted by Crippen LogP contribution is 2.37. The van der Waals surface area contributed by atoms with Crippen molar-refractivity contribution >= 4 is 40.1 Å². The smallest absolute Gasteiger partial charge is 0.276 e. The molecule has 0 saturated heterocycles. The van der Waals surface area contributed by atoms with Gasteiger partial charge >= 0.3 is 0 Å². The van der Waals surface area contributed by atoms with Crippen LogP contribution in [0.4, 0.5) is 0 Å². The summed E-state index contributed by atoms with van der Waals surface area (Å²) in [7, 11) is 0. The van der Waals surface area contributed by atoms with E-state index in [2.05, 4.69) is 11.9 Å². The average molecular weight is 489 g/mol. The molecule has 0 aromatic heterocycles. The van der Waals surface area contributed by atoms with E-state index in [0.717, 1.165) is 16.3 Å². The van der Waals surface area contributed by atoms with E-state index in [1.165, 1.54) is 11.8 Å². The number of ether oxygens (including phenoxy) is 1. The van der Waals surface area contributed by atoms with E-state index >= 15 is 0 Å². The highest BCUT2D eigenvalue weighted by Gasteiger charge is 2.35. The number of hydrazone groups is 1. The highest BCUT2D eigenvalue weighted by molar-refractivity contribution is 8.14. The van der Waals surface area contributed by atoms with Crippen LogP contribution in [0.1, 0.15) is 17.3 Å². The molecule has 3 aromatic rings. The van der Waals surface area contributed by atoms with Gasteiger partial charge in [0.25, 0.3) is 5.91 Å². The summed E-state index contributed by atoms with van der Waals surface area (Å²) in [4.78, 5) is 18.2. The van der Waals surface area contributed by atoms with Gasteiger partial charge in [0.1, 0.15) is 18.1 Å². The number of halogens is 1. The SMILES string of the molecule is C=CCSC1=NN2C(=c3ccccc3=N[C@H]2c2cc(Cl)ccc2OCc2ccccc2)C(=O)N1. The summed E-state index contributed by atoms with van der Waals surface area (Å²) in [6, 6.07) is 22.9. The molecule has 6 nitrogen and oxygen atoms in total. The van der Waals surface area contributed by atoms with Gasteiger partial charge in [-0.25, -0.2) is 5.01 Å². The van der Waals surface area contributed by atoms with Crippen molar-refractivity contribution in [2.24, 2.45) is 10.1 Å². The van der Waals surface area contributed by atoms with Crippen LogP contribution in [0.15, 0.2) is 95.5 Å². The number of hydrogen-bond acceptors (Lipinski definition) is 6. The summed E-state index contributed by atoms with van der Waals surface area (Å²) in [6.07, 6.45) is 1.14. The predicted molar refractivity (Wildman–Crippen MR) is 136 cm³/mol. The molecule has 5 rings (SSSR count). The molecule has 8 heteroatoms. The van der Waals surface area contributed by atoms with E-state index in [0.29, 0.717) is 39.4 Å². The number of amidine groups is 1. The van der Waals surface area contributed by atoms with Crippen LogP contribution in [0.2, 0.25) is 5.02 Å². The first-order valence-corrected chi connectivity index (χ1v) is 12.1. The standard InChI is InChI=1S/C26H21ClN4O2S/c1-2-14-34-26-29-25(32)23-19-10-6-7-11-21(19)28-24(31(23)30-26)20-15-18(27)12-13-22(20)33-16-17-8-4-3-5-9-17/h2-13,15,24H,1,14,16H2,(H,29,30,32)/t24-/m1/s1. The van der Waals surface area contributed by atoms with Crippen molar-refractivity contribution in [2.75, 3.05) is 5.75 Å². The van der Waals surface area contributed by atoms with Crippen molar-refractivity contribution in [1.82, 2.24) is 10.3 Å². The largest absolute Gasteiger partial charge is 0.488 e. The zero-order valence-corrected chi connectivity index (χ0v) is 19.7. The summed E-state index contributed by atoms with van der Waals surface area (Å²) < 4.78 is 6.20. The van der Waals surface area contributed by atoms with Crippen molar-refractivity contribution < 1.29 is 9.53 Å². The lowest BCUT2D eigenvalue weighted by Crippen LogP contribution is -2.50. The van der Waals surface area contributed by atoms with Gasteiger partial charge in [-0.1, -0.05) is 78.0 Å². The van der Waals surface area contributed by atoms with Crippen LogP contribution in [0.5, 0.6) is 5.75 Å². The maximum atomic E-state index is 13.2. The summed E-state index contributed by atoms with van der Waals surface area (Å²) in [5.74, 6) is 1.01. The second-order valence-corrected chi connectivity index (χ2v) is 9.07. The van der Waals surface area contributed by atoms with Crippen LogP contribution in [0.3, 0.4) is 0 Å². The molecular formula is C26H21ClN4O2S. The van der Waals surface area contributed by atoms with E-state index in [-0.39, 0.29) is 5.91 Å². The third-order valence-corrected chi connectivity index (χ3v) is 6.44. The van der Waals surface area contributed by atoms with Crippen LogP contribution >= 0.6 is 23.4 Å². The Morgan fingerprint density at radius 3 is 2.74 bits per heavy atom. The molecule has 170 valence electrons. The van der Waals surface area contributed by atoms with Gasteiger partial charge in [-0.2, -0.15) is 0 Å². The Hall–Kier alpha value is -3.55. The fraction of sp³-hybridized carbons (Fsp3) is 0.115. The number of carbonyl (C=O) groups is 1. The number of fused-ring (bicyclic) bond motifs is 2. The third-order valence-electron chi connectivity index (χ3n) is 5.34. The summed E-state index contributed by atoms with van der Waals surface area (Å²) in [5.41, 5.74) is 2.20. The predicted octanol–water partition coefficient (Wildman–Crippen LogP) is 3.98. The molecule has 1 atom stereocenters. The zero-order chi connectivity index (χ0) is 23.5. The number of para-hydroxylation sites is 1. The van der Waals surface area contributed by atoms with Gasteiger partial charge in [-0.3, -0.25) is 15.1 Å². The fourth-order valence-electron chi connectivity index (χ4n) is 3.82. The van der Waals surface area contributed by atoms with Gasteiger partial charge in [0, 0.05) is 21.6 Å². The van der Waals surface area contributed by atoms with Crippen molar-refractivity contribution in [2.45, 2.75) is 12.8 Å². The van der Waals surface area contributed by atoms with E-state index in [1.54, 1.807) is 17.2 Å². The number of thioether (sulfide) groups is 1. The van der Waals surface area contributed by atoms with Gasteiger partial charge in [-0.15, -0.1) is 11.7 Å². The second kappa shape index (κ2) is 9.75. The molecular weight excluding hydrogens is 468 g/mol. The molecule has 0 aliphatic carbocycles. The minimum Gasteiger partial charge on any atom is -0.488 e. The van der Waals surface area contributed by atoms with E-state index in [4.69, 9.17) is 26.4 Å². The number of amides is 1. The molecule has 0 unspecified atom stereocenters. The monoisotopic (exact) mass is 488 g/mol. The highest BCUT2D eigenvalue weighted by atomic mass is 35.5. The lowest BCUT2D eigenvalue weighted by Gasteiger charge is -2.34. The summed E-state index contributed by atoms with van der Waals surface area (Å²) >= 11 is 7.80. The average Bonchev–Trinajstić information content (AvgIpc) is 2.86. The van der Waals surface area contributed by atoms with E-state index in [1.807, 2.05) is 66.7 Å². The minimum absolute atomic E-state index is 0.234. The topological polar surface area (TPSA) is 66.3 Å². The van der Waals surface area contributed by atoms with Crippen LogP contribution in [-0.4, -0.2) is 21.8 Å². The Bertz CT molecular complexity index is 1410. The van der Waals surface area contributed by atoms with Gasteiger partial charge in [0.15, 0.2) is 11.3 Å². The Kier molecular flexibility index (Phi) is 6.38. The van der Waals surface area contributed by atoms with Crippen LogP contribution in [0.25, 0.3) is 5.70 Å². The van der Waals surface area contributed by atoms with Gasteiger partial charge < -0.3 is 4.74 Å². The Morgan fingerprint density at radius 1 is 1.12 bits per heavy atom. The normalized spacial score (nSPS) is 16.6. The third kappa shape index (κ3) is 4.44. The van der Waals surface area contributed by atoms with Gasteiger partial charge in [0.05, 0.1) is 5.36 Å². The maximum Gasteiger partial charge on any atom is 0.276 e. The Labute approximate surface area is 206 Å². The molecule has 1 N–H and O–H groups in total. The molecule has 0 radical (unpaired) electrons. The molecule has 3 aromatic carbocycles. The first kappa shape index (κ1) is 22.3. The van der Waals surface area contributed by atoms with Gasteiger partial charge in [-0.05, 0) is 29.8 Å².